The molecule has 1 aromatic rings. The molecule has 0 saturated heterocycles. The highest BCUT2D eigenvalue weighted by Crippen LogP contribution is 2.38. The average molecular weight is 281 g/mol. The van der Waals surface area contributed by atoms with E-state index in [1.807, 2.05) is 19.1 Å². The van der Waals surface area contributed by atoms with E-state index < -0.39 is 7.12 Å². The number of halogens is 1. The van der Waals surface area contributed by atoms with E-state index in [1.54, 1.807) is 0 Å². The zero-order chi connectivity index (χ0) is 11.7. The van der Waals surface area contributed by atoms with Crippen LogP contribution in [0, 0.1) is 0 Å². The van der Waals surface area contributed by atoms with Crippen LogP contribution < -0.4 is 4.65 Å². The van der Waals surface area contributed by atoms with Gasteiger partial charge < -0.3 is 9.68 Å². The number of hydrogen-bond acceptors (Lipinski definition) is 2. The van der Waals surface area contributed by atoms with E-state index in [2.05, 4.69) is 28.9 Å². The minimum Gasteiger partial charge on any atom is -0.532 e. The molecule has 1 aliphatic heterocycles. The Kier molecular flexibility index (Phi) is 3.40. The summed E-state index contributed by atoms with van der Waals surface area (Å²) < 4.78 is 6.53. The van der Waals surface area contributed by atoms with E-state index >= 15 is 0 Å². The lowest BCUT2D eigenvalue weighted by Gasteiger charge is -2.25. The molecule has 1 N–H and O–H groups in total. The highest BCUT2D eigenvalue weighted by atomic mass is 79.9. The minimum atomic E-state index is -0.784. The smallest absolute Gasteiger partial charge is 0.532 e. The number of fused-ring (bicyclic) bond motifs is 1. The second kappa shape index (κ2) is 4.64. The van der Waals surface area contributed by atoms with Crippen molar-refractivity contribution in [2.45, 2.75) is 26.7 Å². The summed E-state index contributed by atoms with van der Waals surface area (Å²) in [5.74, 6) is 0.768. The van der Waals surface area contributed by atoms with Gasteiger partial charge in [0.1, 0.15) is 5.75 Å². The van der Waals surface area contributed by atoms with Crippen LogP contribution in [0.25, 0.3) is 5.57 Å². The molecule has 0 spiro atoms. The van der Waals surface area contributed by atoms with Crippen molar-refractivity contribution in [3.05, 3.63) is 33.7 Å². The highest BCUT2D eigenvalue weighted by Gasteiger charge is 2.30. The summed E-state index contributed by atoms with van der Waals surface area (Å²) in [6, 6.07) is 5.87. The standard InChI is InChI=1S/C12H14BBrO2/c1-3-9-10-7-8(14)5-6-12(10)16-13(15)11(9)4-2/h5-7,15H,3-4H2,1-2H3. The van der Waals surface area contributed by atoms with Crippen LogP contribution in [0.2, 0.25) is 0 Å². The van der Waals surface area contributed by atoms with E-state index in [0.717, 1.165) is 34.1 Å². The largest absolute Gasteiger partial charge is 0.556 e. The zero-order valence-electron chi connectivity index (χ0n) is 9.46. The van der Waals surface area contributed by atoms with Crippen molar-refractivity contribution >= 4 is 28.6 Å². The van der Waals surface area contributed by atoms with Gasteiger partial charge >= 0.3 is 7.12 Å². The number of rotatable bonds is 2. The van der Waals surface area contributed by atoms with Gasteiger partial charge in [0.2, 0.25) is 0 Å². The first-order valence-electron chi connectivity index (χ1n) is 5.54. The van der Waals surface area contributed by atoms with Gasteiger partial charge in [0.15, 0.2) is 0 Å². The van der Waals surface area contributed by atoms with Crippen molar-refractivity contribution in [1.82, 2.24) is 0 Å². The number of allylic oxidation sites excluding steroid dienone is 2. The van der Waals surface area contributed by atoms with Gasteiger partial charge in [0.05, 0.1) is 0 Å². The fourth-order valence-corrected chi connectivity index (χ4v) is 2.52. The third kappa shape index (κ3) is 1.92. The van der Waals surface area contributed by atoms with Crippen LogP contribution in [0.4, 0.5) is 0 Å². The van der Waals surface area contributed by atoms with Gasteiger partial charge in [-0.15, -0.1) is 0 Å². The van der Waals surface area contributed by atoms with E-state index in [4.69, 9.17) is 4.65 Å². The lowest BCUT2D eigenvalue weighted by Crippen LogP contribution is -2.29. The quantitative estimate of drug-likeness (QED) is 0.841. The molecular weight excluding hydrogens is 267 g/mol. The fraction of sp³-hybridized carbons (Fsp3) is 0.333. The Morgan fingerprint density at radius 1 is 1.31 bits per heavy atom. The summed E-state index contributed by atoms with van der Waals surface area (Å²) in [4.78, 5) is 0. The maximum Gasteiger partial charge on any atom is 0.556 e. The molecule has 84 valence electrons. The van der Waals surface area contributed by atoms with Crippen LogP contribution in [0.5, 0.6) is 5.75 Å². The second-order valence-corrected chi connectivity index (χ2v) is 4.74. The van der Waals surface area contributed by atoms with Crippen LogP contribution in [0.1, 0.15) is 32.3 Å². The molecular formula is C12H14BBrO2. The number of benzene rings is 1. The molecule has 2 nitrogen and oxygen atoms in total. The van der Waals surface area contributed by atoms with E-state index in [9.17, 15) is 5.02 Å². The molecule has 0 aliphatic carbocycles. The van der Waals surface area contributed by atoms with Gasteiger partial charge in [-0.3, -0.25) is 0 Å². The Bertz CT molecular complexity index is 443. The molecule has 0 radical (unpaired) electrons. The Morgan fingerprint density at radius 2 is 2.06 bits per heavy atom. The Balaban J connectivity index is 2.60. The molecule has 2 rings (SSSR count). The normalized spacial score (nSPS) is 14.9. The lowest BCUT2D eigenvalue weighted by atomic mass is 9.70. The molecule has 0 fully saturated rings. The molecule has 4 heteroatoms. The molecule has 0 unspecified atom stereocenters. The summed E-state index contributed by atoms with van der Waals surface area (Å²) in [5.41, 5.74) is 3.30. The van der Waals surface area contributed by atoms with Crippen LogP contribution in [0.3, 0.4) is 0 Å². The maximum absolute atomic E-state index is 9.89. The molecule has 0 aromatic heterocycles. The number of hydrogen-bond donors (Lipinski definition) is 1. The minimum absolute atomic E-state index is 0.768. The summed E-state index contributed by atoms with van der Waals surface area (Å²) >= 11 is 3.46. The third-order valence-corrected chi connectivity index (χ3v) is 3.42. The van der Waals surface area contributed by atoms with Gasteiger partial charge in [-0.1, -0.05) is 29.8 Å². The van der Waals surface area contributed by atoms with E-state index in [0.29, 0.717) is 0 Å². The predicted molar refractivity (Wildman–Crippen MR) is 70.2 cm³/mol. The van der Waals surface area contributed by atoms with E-state index in [-0.39, 0.29) is 0 Å². The van der Waals surface area contributed by atoms with Crippen molar-refractivity contribution in [1.29, 1.82) is 0 Å². The van der Waals surface area contributed by atoms with Crippen molar-refractivity contribution in [3.63, 3.8) is 0 Å². The molecule has 1 aromatic carbocycles. The second-order valence-electron chi connectivity index (χ2n) is 3.82. The van der Waals surface area contributed by atoms with Crippen LogP contribution in [-0.2, 0) is 0 Å². The Morgan fingerprint density at radius 3 is 2.69 bits per heavy atom. The van der Waals surface area contributed by atoms with Crippen molar-refractivity contribution < 1.29 is 9.68 Å². The molecule has 1 aliphatic rings. The van der Waals surface area contributed by atoms with Gasteiger partial charge in [-0.25, -0.2) is 0 Å². The summed E-state index contributed by atoms with van der Waals surface area (Å²) in [7, 11) is -0.784. The molecule has 0 saturated carbocycles. The summed E-state index contributed by atoms with van der Waals surface area (Å²) in [6.45, 7) is 4.15. The van der Waals surface area contributed by atoms with E-state index in [1.165, 1.54) is 5.57 Å². The zero-order valence-corrected chi connectivity index (χ0v) is 11.0. The first kappa shape index (κ1) is 11.7. The van der Waals surface area contributed by atoms with Gasteiger partial charge in [0.25, 0.3) is 0 Å². The van der Waals surface area contributed by atoms with Crippen molar-refractivity contribution in [3.8, 4) is 5.75 Å². The Hall–Kier alpha value is -0.735. The monoisotopic (exact) mass is 280 g/mol. The fourth-order valence-electron chi connectivity index (χ4n) is 2.16. The average Bonchev–Trinajstić information content (AvgIpc) is 2.28. The van der Waals surface area contributed by atoms with Gasteiger partial charge in [0, 0.05) is 10.0 Å². The summed E-state index contributed by atoms with van der Waals surface area (Å²) in [5, 5.41) is 9.89. The van der Waals surface area contributed by atoms with Gasteiger partial charge in [-0.2, -0.15) is 0 Å². The van der Waals surface area contributed by atoms with Crippen LogP contribution >= 0.6 is 15.9 Å². The molecule has 0 atom stereocenters. The first-order valence-corrected chi connectivity index (χ1v) is 6.33. The maximum atomic E-state index is 9.89. The molecule has 0 amide bonds. The molecule has 16 heavy (non-hydrogen) atoms. The van der Waals surface area contributed by atoms with Crippen LogP contribution in [-0.4, -0.2) is 12.1 Å². The molecule has 1 heterocycles. The summed E-state index contributed by atoms with van der Waals surface area (Å²) in [6.07, 6.45) is 1.73. The predicted octanol–water partition coefficient (Wildman–Crippen LogP) is 3.43. The highest BCUT2D eigenvalue weighted by molar-refractivity contribution is 9.10. The van der Waals surface area contributed by atoms with Crippen molar-refractivity contribution in [2.75, 3.05) is 0 Å². The SMILES string of the molecule is CCC1=C(CC)c2cc(Br)ccc2OB1O. The topological polar surface area (TPSA) is 29.5 Å². The lowest BCUT2D eigenvalue weighted by molar-refractivity contribution is 0.420. The van der Waals surface area contributed by atoms with Crippen molar-refractivity contribution in [2.24, 2.45) is 0 Å². The Labute approximate surface area is 105 Å². The van der Waals surface area contributed by atoms with Crippen LogP contribution in [0.15, 0.2) is 28.1 Å². The first-order chi connectivity index (χ1) is 7.67. The van der Waals surface area contributed by atoms with Gasteiger partial charge in [-0.05, 0) is 42.1 Å². The third-order valence-electron chi connectivity index (χ3n) is 2.93. The molecule has 0 bridgehead atoms.